The fourth-order valence-electron chi connectivity index (χ4n) is 1.27. The molecule has 0 aliphatic carbocycles. The predicted molar refractivity (Wildman–Crippen MR) is 79.7 cm³/mol. The summed E-state index contributed by atoms with van der Waals surface area (Å²) in [5, 5.41) is 2.60. The summed E-state index contributed by atoms with van der Waals surface area (Å²) in [7, 11) is 0. The molecule has 0 saturated carbocycles. The third kappa shape index (κ3) is 6.31. The van der Waals surface area contributed by atoms with Crippen molar-refractivity contribution in [3.05, 3.63) is 21.3 Å². The van der Waals surface area contributed by atoms with Gasteiger partial charge in [0.05, 0.1) is 10.1 Å². The summed E-state index contributed by atoms with van der Waals surface area (Å²) in [5.41, 5.74) is 0. The first-order valence-corrected chi connectivity index (χ1v) is 8.17. The molecule has 4 nitrogen and oxygen atoms in total. The van der Waals surface area contributed by atoms with E-state index in [1.54, 1.807) is 6.92 Å². The zero-order chi connectivity index (χ0) is 14.3. The highest BCUT2D eigenvalue weighted by molar-refractivity contribution is 7.99. The van der Waals surface area contributed by atoms with Crippen LogP contribution in [0.3, 0.4) is 0 Å². The highest BCUT2D eigenvalue weighted by Crippen LogP contribution is 2.25. The number of ether oxygens (including phenoxy) is 1. The first kappa shape index (κ1) is 16.3. The summed E-state index contributed by atoms with van der Waals surface area (Å²) in [5.74, 6) is 0.277. The van der Waals surface area contributed by atoms with Crippen molar-refractivity contribution >= 4 is 46.6 Å². The molecule has 1 rings (SSSR count). The summed E-state index contributed by atoms with van der Waals surface area (Å²) < 4.78 is 5.75. The van der Waals surface area contributed by atoms with Crippen molar-refractivity contribution in [2.75, 3.05) is 12.3 Å². The van der Waals surface area contributed by atoms with E-state index in [1.807, 2.05) is 19.1 Å². The van der Waals surface area contributed by atoms with Crippen LogP contribution in [0.4, 0.5) is 0 Å². The number of hydrogen-bond donors (Lipinski definition) is 1. The molecule has 1 aromatic heterocycles. The topological polar surface area (TPSA) is 55.4 Å². The lowest BCUT2D eigenvalue weighted by Crippen LogP contribution is -2.35. The minimum atomic E-state index is -0.746. The molecule has 19 heavy (non-hydrogen) atoms. The van der Waals surface area contributed by atoms with Crippen molar-refractivity contribution < 1.29 is 14.3 Å². The second-order valence-corrected chi connectivity index (χ2v) is 6.51. The van der Waals surface area contributed by atoms with E-state index in [1.165, 1.54) is 23.1 Å². The lowest BCUT2D eigenvalue weighted by atomic mass is 10.4. The molecule has 1 heterocycles. The van der Waals surface area contributed by atoms with E-state index in [9.17, 15) is 9.59 Å². The van der Waals surface area contributed by atoms with Crippen LogP contribution in [-0.2, 0) is 20.1 Å². The zero-order valence-corrected chi connectivity index (χ0v) is 13.2. The molecule has 7 heteroatoms. The Hall–Kier alpha value is -0.720. The molecular formula is C12H16ClNO3S2. The second kappa shape index (κ2) is 8.45. The molecule has 0 fully saturated rings. The van der Waals surface area contributed by atoms with Crippen LogP contribution in [0.25, 0.3) is 0 Å². The minimum Gasteiger partial charge on any atom is -0.452 e. The maximum atomic E-state index is 11.5. The second-order valence-electron chi connectivity index (χ2n) is 3.73. The van der Waals surface area contributed by atoms with Crippen molar-refractivity contribution in [1.82, 2.24) is 5.32 Å². The van der Waals surface area contributed by atoms with E-state index < -0.39 is 6.10 Å². The molecule has 1 amide bonds. The van der Waals surface area contributed by atoms with Gasteiger partial charge in [-0.25, -0.2) is 0 Å². The molecule has 1 atom stereocenters. The van der Waals surface area contributed by atoms with Crippen molar-refractivity contribution in [2.24, 2.45) is 0 Å². The number of esters is 1. The number of nitrogens with one attached hydrogen (secondary N) is 1. The molecule has 0 spiro atoms. The largest absolute Gasteiger partial charge is 0.452 e. The number of amides is 1. The molecule has 0 unspecified atom stereocenters. The Morgan fingerprint density at radius 3 is 2.84 bits per heavy atom. The lowest BCUT2D eigenvalue weighted by molar-refractivity contribution is -0.152. The quantitative estimate of drug-likeness (QED) is 0.785. The summed E-state index contributed by atoms with van der Waals surface area (Å²) in [4.78, 5) is 24.0. The van der Waals surface area contributed by atoms with E-state index in [-0.39, 0.29) is 17.6 Å². The number of halogens is 1. The Morgan fingerprint density at radius 2 is 2.26 bits per heavy atom. The van der Waals surface area contributed by atoms with Gasteiger partial charge in [0.1, 0.15) is 0 Å². The van der Waals surface area contributed by atoms with Gasteiger partial charge in [0.25, 0.3) is 5.91 Å². The first-order chi connectivity index (χ1) is 9.02. The van der Waals surface area contributed by atoms with Crippen LogP contribution in [0, 0.1) is 0 Å². The number of carbonyl (C=O) groups is 2. The Morgan fingerprint density at radius 1 is 1.53 bits per heavy atom. The third-order valence-electron chi connectivity index (χ3n) is 2.12. The van der Waals surface area contributed by atoms with Crippen LogP contribution >= 0.6 is 34.7 Å². The van der Waals surface area contributed by atoms with Crippen LogP contribution in [0.1, 0.15) is 18.7 Å². The van der Waals surface area contributed by atoms with Crippen molar-refractivity contribution in [3.63, 3.8) is 0 Å². The van der Waals surface area contributed by atoms with Gasteiger partial charge in [-0.05, 0) is 26.0 Å². The Bertz CT molecular complexity index is 436. The average molecular weight is 322 g/mol. The zero-order valence-electron chi connectivity index (χ0n) is 10.8. The average Bonchev–Trinajstić information content (AvgIpc) is 2.75. The number of thioether (sulfide) groups is 1. The van der Waals surface area contributed by atoms with Crippen molar-refractivity contribution in [2.45, 2.75) is 25.7 Å². The molecule has 106 valence electrons. The van der Waals surface area contributed by atoms with E-state index in [4.69, 9.17) is 16.3 Å². The molecule has 0 saturated heterocycles. The van der Waals surface area contributed by atoms with Gasteiger partial charge in [-0.3, -0.25) is 9.59 Å². The lowest BCUT2D eigenvalue weighted by Gasteiger charge is -2.12. The molecule has 0 aliphatic rings. The van der Waals surface area contributed by atoms with Crippen LogP contribution in [0.5, 0.6) is 0 Å². The van der Waals surface area contributed by atoms with Gasteiger partial charge in [-0.15, -0.1) is 23.1 Å². The standard InChI is InChI=1S/C12H16ClNO3S2/c1-3-14-12(16)8(2)17-11(15)7-18-6-9-4-5-10(13)19-9/h4-5,8H,3,6-7H2,1-2H3,(H,14,16)/t8-/m0/s1. The van der Waals surface area contributed by atoms with Crippen LogP contribution in [0.2, 0.25) is 4.34 Å². The summed E-state index contributed by atoms with van der Waals surface area (Å²) >= 11 is 8.74. The van der Waals surface area contributed by atoms with Gasteiger partial charge in [-0.2, -0.15) is 0 Å². The number of carbonyl (C=O) groups excluding carboxylic acids is 2. The summed E-state index contributed by atoms with van der Waals surface area (Å²) in [6.45, 7) is 3.90. The van der Waals surface area contributed by atoms with Gasteiger partial charge >= 0.3 is 5.97 Å². The normalized spacial score (nSPS) is 11.9. The number of rotatable bonds is 7. The number of hydrogen-bond acceptors (Lipinski definition) is 5. The van der Waals surface area contributed by atoms with Gasteiger partial charge in [-0.1, -0.05) is 11.6 Å². The van der Waals surface area contributed by atoms with Gasteiger partial charge in [0, 0.05) is 17.2 Å². The monoisotopic (exact) mass is 321 g/mol. The highest BCUT2D eigenvalue weighted by atomic mass is 35.5. The molecule has 1 aromatic rings. The van der Waals surface area contributed by atoms with E-state index in [2.05, 4.69) is 5.32 Å². The third-order valence-corrected chi connectivity index (χ3v) is 4.49. The van der Waals surface area contributed by atoms with Gasteiger partial charge in [0.2, 0.25) is 0 Å². The van der Waals surface area contributed by atoms with Crippen LogP contribution in [-0.4, -0.2) is 30.3 Å². The minimum absolute atomic E-state index is 0.221. The van der Waals surface area contributed by atoms with Gasteiger partial charge < -0.3 is 10.1 Å². The fourth-order valence-corrected chi connectivity index (χ4v) is 3.27. The molecule has 0 radical (unpaired) electrons. The Labute approximate surface area is 125 Å². The summed E-state index contributed by atoms with van der Waals surface area (Å²) in [6, 6.07) is 3.76. The Balaban J connectivity index is 2.22. The maximum Gasteiger partial charge on any atom is 0.316 e. The van der Waals surface area contributed by atoms with Crippen molar-refractivity contribution in [1.29, 1.82) is 0 Å². The molecule has 1 N–H and O–H groups in total. The molecule has 0 aliphatic heterocycles. The molecular weight excluding hydrogens is 306 g/mol. The number of thiophene rings is 1. The SMILES string of the molecule is CCNC(=O)[C@H](C)OC(=O)CSCc1ccc(Cl)s1. The Kier molecular flexibility index (Phi) is 7.27. The predicted octanol–water partition coefficient (Wildman–Crippen LogP) is 2.70. The van der Waals surface area contributed by atoms with Crippen LogP contribution < -0.4 is 5.32 Å². The first-order valence-electron chi connectivity index (χ1n) is 5.82. The maximum absolute atomic E-state index is 11.5. The van der Waals surface area contributed by atoms with Gasteiger partial charge in [0.15, 0.2) is 6.10 Å². The molecule has 0 aromatic carbocycles. The highest BCUT2D eigenvalue weighted by Gasteiger charge is 2.16. The van der Waals surface area contributed by atoms with Crippen LogP contribution in [0.15, 0.2) is 12.1 Å². The van der Waals surface area contributed by atoms with E-state index in [0.29, 0.717) is 12.3 Å². The molecule has 0 bridgehead atoms. The smallest absolute Gasteiger partial charge is 0.316 e. The van der Waals surface area contributed by atoms with Crippen molar-refractivity contribution in [3.8, 4) is 0 Å². The summed E-state index contributed by atoms with van der Waals surface area (Å²) in [6.07, 6.45) is -0.746. The van der Waals surface area contributed by atoms with E-state index >= 15 is 0 Å². The van der Waals surface area contributed by atoms with E-state index in [0.717, 1.165) is 9.21 Å². The fraction of sp³-hybridized carbons (Fsp3) is 0.500. The number of likely N-dealkylation sites (N-methyl/N-ethyl adjacent to an activating group) is 1.